The van der Waals surface area contributed by atoms with Crippen LogP contribution in [0.5, 0.6) is 0 Å². The van der Waals surface area contributed by atoms with Gasteiger partial charge in [-0.3, -0.25) is 4.98 Å². The van der Waals surface area contributed by atoms with Crippen LogP contribution in [-0.2, 0) is 12.8 Å². The summed E-state index contributed by atoms with van der Waals surface area (Å²) in [4.78, 5) is 5.70. The van der Waals surface area contributed by atoms with Crippen molar-refractivity contribution in [3.8, 4) is 10.4 Å². The van der Waals surface area contributed by atoms with Gasteiger partial charge < -0.3 is 0 Å². The molecule has 0 spiro atoms. The summed E-state index contributed by atoms with van der Waals surface area (Å²) in [7, 11) is 0. The van der Waals surface area contributed by atoms with Crippen molar-refractivity contribution in [2.24, 2.45) is 0 Å². The molecule has 0 bridgehead atoms. The molecule has 0 aliphatic rings. The van der Waals surface area contributed by atoms with Crippen molar-refractivity contribution < 1.29 is 0 Å². The van der Waals surface area contributed by atoms with Gasteiger partial charge in [0.05, 0.1) is 0 Å². The van der Waals surface area contributed by atoms with Crippen LogP contribution in [0.25, 0.3) is 10.4 Å². The van der Waals surface area contributed by atoms with Gasteiger partial charge in [0.25, 0.3) is 0 Å². The molecule has 2 rings (SSSR count). The Labute approximate surface area is 120 Å². The molecule has 2 aromatic heterocycles. The van der Waals surface area contributed by atoms with Gasteiger partial charge in [-0.2, -0.15) is 0 Å². The summed E-state index contributed by atoms with van der Waals surface area (Å²) in [6.07, 6.45) is 11.4. The predicted octanol–water partition coefficient (Wildman–Crippen LogP) is 5.50. The van der Waals surface area contributed by atoms with Crippen molar-refractivity contribution in [3.05, 3.63) is 41.0 Å². The maximum absolute atomic E-state index is 4.26. The van der Waals surface area contributed by atoms with Crippen LogP contribution in [0, 0.1) is 0 Å². The molecule has 0 aliphatic carbocycles. The van der Waals surface area contributed by atoms with E-state index in [9.17, 15) is 0 Å². The maximum atomic E-state index is 4.26. The summed E-state index contributed by atoms with van der Waals surface area (Å²) in [5.41, 5.74) is 4.42. The quantitative estimate of drug-likeness (QED) is 0.649. The molecular formula is C17H23NS. The first-order valence-electron chi connectivity index (χ1n) is 7.36. The third-order valence-electron chi connectivity index (χ3n) is 3.48. The molecule has 2 aromatic rings. The number of unbranched alkanes of at least 4 members (excludes halogenated alkanes) is 2. The molecule has 0 aliphatic heterocycles. The summed E-state index contributed by atoms with van der Waals surface area (Å²) < 4.78 is 0. The van der Waals surface area contributed by atoms with Crippen molar-refractivity contribution >= 4 is 11.3 Å². The zero-order valence-electron chi connectivity index (χ0n) is 12.0. The molecule has 0 fully saturated rings. The topological polar surface area (TPSA) is 12.9 Å². The number of aryl methyl sites for hydroxylation is 1. The van der Waals surface area contributed by atoms with E-state index in [2.05, 4.69) is 30.3 Å². The molecule has 0 unspecified atom stereocenters. The lowest BCUT2D eigenvalue weighted by Crippen LogP contribution is -1.93. The molecule has 0 amide bonds. The first kappa shape index (κ1) is 14.3. The highest BCUT2D eigenvalue weighted by Crippen LogP contribution is 2.34. The van der Waals surface area contributed by atoms with Crippen LogP contribution in [0.2, 0.25) is 0 Å². The molecule has 19 heavy (non-hydrogen) atoms. The first-order chi connectivity index (χ1) is 9.36. The minimum atomic E-state index is 1.21. The molecule has 0 aromatic carbocycles. The van der Waals surface area contributed by atoms with Crippen LogP contribution in [0.1, 0.15) is 50.7 Å². The lowest BCUT2D eigenvalue weighted by molar-refractivity contribution is 0.763. The van der Waals surface area contributed by atoms with Crippen LogP contribution in [-0.4, -0.2) is 4.98 Å². The number of rotatable bonds is 7. The van der Waals surface area contributed by atoms with Crippen LogP contribution in [0.4, 0.5) is 0 Å². The van der Waals surface area contributed by atoms with E-state index in [1.165, 1.54) is 49.0 Å². The van der Waals surface area contributed by atoms with Crippen molar-refractivity contribution in [2.75, 3.05) is 0 Å². The lowest BCUT2D eigenvalue weighted by Gasteiger charge is -2.07. The van der Waals surface area contributed by atoms with Gasteiger partial charge in [0.1, 0.15) is 0 Å². The average Bonchev–Trinajstić information content (AvgIpc) is 2.86. The number of hydrogen-bond donors (Lipinski definition) is 0. The van der Waals surface area contributed by atoms with E-state index < -0.39 is 0 Å². The largest absolute Gasteiger partial charge is 0.264 e. The van der Waals surface area contributed by atoms with E-state index in [1.54, 1.807) is 11.1 Å². The van der Waals surface area contributed by atoms with Crippen LogP contribution >= 0.6 is 11.3 Å². The molecule has 0 atom stereocenters. The van der Waals surface area contributed by atoms with E-state index in [1.807, 2.05) is 29.8 Å². The fourth-order valence-corrected chi connectivity index (χ4v) is 3.51. The molecule has 0 saturated carbocycles. The fourth-order valence-electron chi connectivity index (χ4n) is 2.36. The Hall–Kier alpha value is -1.15. The zero-order valence-corrected chi connectivity index (χ0v) is 12.8. The molecule has 2 heteroatoms. The van der Waals surface area contributed by atoms with E-state index in [4.69, 9.17) is 0 Å². The fraction of sp³-hybridized carbons (Fsp3) is 0.471. The average molecular weight is 273 g/mol. The first-order valence-corrected chi connectivity index (χ1v) is 8.24. The van der Waals surface area contributed by atoms with Gasteiger partial charge in [0.15, 0.2) is 0 Å². The van der Waals surface area contributed by atoms with Crippen LogP contribution < -0.4 is 0 Å². The van der Waals surface area contributed by atoms with E-state index in [0.717, 1.165) is 0 Å². The van der Waals surface area contributed by atoms with Gasteiger partial charge in [-0.1, -0.05) is 32.8 Å². The Bertz CT molecular complexity index is 487. The Morgan fingerprint density at radius 3 is 2.58 bits per heavy atom. The highest BCUT2D eigenvalue weighted by molar-refractivity contribution is 7.14. The summed E-state index contributed by atoms with van der Waals surface area (Å²) >= 11 is 1.89. The number of pyridine rings is 1. The summed E-state index contributed by atoms with van der Waals surface area (Å²) in [5, 5.41) is 2.36. The smallest absolute Gasteiger partial charge is 0.0393 e. The Morgan fingerprint density at radius 2 is 1.89 bits per heavy atom. The Kier molecular flexibility index (Phi) is 5.59. The van der Waals surface area contributed by atoms with Gasteiger partial charge in [-0.25, -0.2) is 0 Å². The normalized spacial score (nSPS) is 10.8. The lowest BCUT2D eigenvalue weighted by atomic mass is 9.98. The molecule has 1 nitrogen and oxygen atoms in total. The second-order valence-electron chi connectivity index (χ2n) is 5.02. The van der Waals surface area contributed by atoms with E-state index >= 15 is 0 Å². The minimum Gasteiger partial charge on any atom is -0.264 e. The van der Waals surface area contributed by atoms with Gasteiger partial charge in [0, 0.05) is 22.8 Å². The standard InChI is InChI=1S/C17H23NS/c1-3-5-8-15-13-19-17(16(15)10-6-4-2)14-9-7-11-18-12-14/h7,9,11-13H,3-6,8,10H2,1-2H3. The SMILES string of the molecule is CCCCc1csc(-c2cccnc2)c1CCCC. The second kappa shape index (κ2) is 7.44. The van der Waals surface area contributed by atoms with E-state index in [0.29, 0.717) is 0 Å². The molecule has 2 heterocycles. The Balaban J connectivity index is 2.29. The summed E-state index contributed by atoms with van der Waals surface area (Å²) in [6.45, 7) is 4.53. The minimum absolute atomic E-state index is 1.21. The molecule has 0 radical (unpaired) electrons. The van der Waals surface area contributed by atoms with Gasteiger partial charge >= 0.3 is 0 Å². The predicted molar refractivity (Wildman–Crippen MR) is 84.8 cm³/mol. The third-order valence-corrected chi connectivity index (χ3v) is 4.60. The molecule has 0 saturated heterocycles. The van der Waals surface area contributed by atoms with Crippen LogP contribution in [0.15, 0.2) is 29.9 Å². The van der Waals surface area contributed by atoms with Crippen molar-refractivity contribution in [3.63, 3.8) is 0 Å². The van der Waals surface area contributed by atoms with E-state index in [-0.39, 0.29) is 0 Å². The van der Waals surface area contributed by atoms with Crippen molar-refractivity contribution in [2.45, 2.75) is 52.4 Å². The summed E-state index contributed by atoms with van der Waals surface area (Å²) in [5.74, 6) is 0. The number of aromatic nitrogens is 1. The number of thiophene rings is 1. The third kappa shape index (κ3) is 3.66. The highest BCUT2D eigenvalue weighted by atomic mass is 32.1. The maximum Gasteiger partial charge on any atom is 0.0393 e. The summed E-state index contributed by atoms with van der Waals surface area (Å²) in [6, 6.07) is 4.21. The van der Waals surface area contributed by atoms with Crippen molar-refractivity contribution in [1.29, 1.82) is 0 Å². The molecule has 102 valence electrons. The highest BCUT2D eigenvalue weighted by Gasteiger charge is 2.12. The zero-order chi connectivity index (χ0) is 13.5. The molecular weight excluding hydrogens is 250 g/mol. The monoisotopic (exact) mass is 273 g/mol. The van der Waals surface area contributed by atoms with Gasteiger partial charge in [-0.05, 0) is 48.3 Å². The van der Waals surface area contributed by atoms with Gasteiger partial charge in [0.2, 0.25) is 0 Å². The Morgan fingerprint density at radius 1 is 1.11 bits per heavy atom. The second-order valence-corrected chi connectivity index (χ2v) is 5.90. The molecule has 0 N–H and O–H groups in total. The van der Waals surface area contributed by atoms with Crippen molar-refractivity contribution in [1.82, 2.24) is 4.98 Å². The number of nitrogens with zero attached hydrogens (tertiary/aromatic N) is 1. The number of hydrogen-bond acceptors (Lipinski definition) is 2. The van der Waals surface area contributed by atoms with Gasteiger partial charge in [-0.15, -0.1) is 11.3 Å². The van der Waals surface area contributed by atoms with Crippen LogP contribution in [0.3, 0.4) is 0 Å².